The fourth-order valence-electron chi connectivity index (χ4n) is 4.72. The van der Waals surface area contributed by atoms with Crippen molar-refractivity contribution in [2.24, 2.45) is 0 Å². The third-order valence-corrected chi connectivity index (χ3v) is 7.23. The zero-order valence-electron chi connectivity index (χ0n) is 25.1. The first-order chi connectivity index (χ1) is 21.0. The molecule has 0 radical (unpaired) electrons. The fraction of sp³-hybridized carbons (Fsp3) is 0.297. The molecular formula is C37H41NO5. The first-order valence-corrected chi connectivity index (χ1v) is 15.1. The maximum atomic E-state index is 12.4. The molecule has 0 aromatic heterocycles. The number of nitrogens with one attached hydrogen (secondary N) is 1. The Balaban J connectivity index is 1.58. The van der Waals surface area contributed by atoms with Crippen molar-refractivity contribution in [1.29, 1.82) is 0 Å². The minimum Gasteiger partial charge on any atom is -0.494 e. The second-order valence-corrected chi connectivity index (χ2v) is 10.6. The van der Waals surface area contributed by atoms with Crippen LogP contribution in [-0.4, -0.2) is 36.7 Å². The number of hydrogen-bond donors (Lipinski definition) is 2. The number of carbonyl (C=O) groups excluding carboxylic acids is 1. The number of rotatable bonds is 16. The summed E-state index contributed by atoms with van der Waals surface area (Å²) in [7, 11) is 0. The SMILES string of the molecule is CCCCOc1ccc(-c2ccc(-c3ccc(OCCCC)cc3)c(Cc3ccc(C(=O)NCCC(=O)O)cc3)c2)cc1. The van der Waals surface area contributed by atoms with Crippen LogP contribution in [0.2, 0.25) is 0 Å². The van der Waals surface area contributed by atoms with Gasteiger partial charge in [-0.05, 0) is 89.0 Å². The topological polar surface area (TPSA) is 84.9 Å². The maximum Gasteiger partial charge on any atom is 0.305 e. The van der Waals surface area contributed by atoms with Crippen LogP contribution in [0.15, 0.2) is 91.0 Å². The van der Waals surface area contributed by atoms with Gasteiger partial charge in [0.15, 0.2) is 0 Å². The summed E-state index contributed by atoms with van der Waals surface area (Å²) in [6.45, 7) is 5.84. The first-order valence-electron chi connectivity index (χ1n) is 15.1. The second-order valence-electron chi connectivity index (χ2n) is 10.6. The third-order valence-electron chi connectivity index (χ3n) is 7.23. The quantitative estimate of drug-likeness (QED) is 0.131. The average molecular weight is 580 g/mol. The van der Waals surface area contributed by atoms with Crippen molar-refractivity contribution in [2.75, 3.05) is 19.8 Å². The molecule has 0 saturated heterocycles. The van der Waals surface area contributed by atoms with Gasteiger partial charge in [0.25, 0.3) is 5.91 Å². The molecule has 0 unspecified atom stereocenters. The van der Waals surface area contributed by atoms with Crippen LogP contribution in [0.3, 0.4) is 0 Å². The number of carboxylic acids is 1. The van der Waals surface area contributed by atoms with Gasteiger partial charge in [-0.1, -0.05) is 81.3 Å². The molecule has 224 valence electrons. The molecule has 1 amide bonds. The zero-order valence-corrected chi connectivity index (χ0v) is 25.1. The van der Waals surface area contributed by atoms with Crippen LogP contribution in [0.4, 0.5) is 0 Å². The summed E-state index contributed by atoms with van der Waals surface area (Å²) in [4.78, 5) is 23.2. The van der Waals surface area contributed by atoms with Crippen LogP contribution in [0.1, 0.15) is 67.4 Å². The van der Waals surface area contributed by atoms with E-state index in [9.17, 15) is 9.59 Å². The Kier molecular flexibility index (Phi) is 11.8. The van der Waals surface area contributed by atoms with E-state index in [-0.39, 0.29) is 18.9 Å². The molecule has 0 heterocycles. The van der Waals surface area contributed by atoms with Gasteiger partial charge in [-0.2, -0.15) is 0 Å². The highest BCUT2D eigenvalue weighted by Crippen LogP contribution is 2.32. The molecule has 2 N–H and O–H groups in total. The molecule has 43 heavy (non-hydrogen) atoms. The number of carboxylic acid groups (broad SMARTS) is 1. The van der Waals surface area contributed by atoms with E-state index in [1.54, 1.807) is 12.1 Å². The Bertz CT molecular complexity index is 1460. The standard InChI is InChI=1S/C37H41NO5/c1-3-5-23-42-33-16-11-28(12-17-33)31-15-20-35(29-13-18-34(19-14-29)43-24-6-4-2)32(26-31)25-27-7-9-30(10-8-27)37(41)38-22-21-36(39)40/h7-20,26H,3-6,21-25H2,1-2H3,(H,38,41)(H,39,40). The van der Waals surface area contributed by atoms with Gasteiger partial charge >= 0.3 is 5.97 Å². The predicted molar refractivity (Wildman–Crippen MR) is 172 cm³/mol. The van der Waals surface area contributed by atoms with Crippen molar-refractivity contribution < 1.29 is 24.2 Å². The molecule has 4 rings (SSSR count). The lowest BCUT2D eigenvalue weighted by atomic mass is 9.91. The number of hydrogen-bond acceptors (Lipinski definition) is 4. The van der Waals surface area contributed by atoms with Gasteiger partial charge in [0, 0.05) is 12.1 Å². The summed E-state index contributed by atoms with van der Waals surface area (Å²) in [5, 5.41) is 11.5. The van der Waals surface area contributed by atoms with E-state index in [2.05, 4.69) is 61.6 Å². The molecule has 0 aliphatic carbocycles. The number of unbranched alkanes of at least 4 members (excludes halogenated alkanes) is 2. The lowest BCUT2D eigenvalue weighted by Crippen LogP contribution is -2.25. The number of benzene rings is 4. The number of aliphatic carboxylic acids is 1. The summed E-state index contributed by atoms with van der Waals surface area (Å²) < 4.78 is 11.7. The summed E-state index contributed by atoms with van der Waals surface area (Å²) in [5.74, 6) is 0.527. The van der Waals surface area contributed by atoms with Crippen LogP contribution in [0.5, 0.6) is 11.5 Å². The predicted octanol–water partition coefficient (Wildman–Crippen LogP) is 8.17. The Morgan fingerprint density at radius 1 is 0.698 bits per heavy atom. The molecule has 0 bridgehead atoms. The third kappa shape index (κ3) is 9.47. The van der Waals surface area contributed by atoms with Crippen molar-refractivity contribution in [3.63, 3.8) is 0 Å². The smallest absolute Gasteiger partial charge is 0.305 e. The van der Waals surface area contributed by atoms with E-state index >= 15 is 0 Å². The van der Waals surface area contributed by atoms with Crippen molar-refractivity contribution in [3.8, 4) is 33.8 Å². The van der Waals surface area contributed by atoms with Gasteiger partial charge in [0.05, 0.1) is 19.6 Å². The molecule has 0 aliphatic heterocycles. The molecule has 0 atom stereocenters. The Hall–Kier alpha value is -4.58. The number of carbonyl (C=O) groups is 2. The lowest BCUT2D eigenvalue weighted by Gasteiger charge is -2.15. The first kappa shape index (κ1) is 31.4. The molecule has 0 aliphatic rings. The van der Waals surface area contributed by atoms with Crippen molar-refractivity contribution >= 4 is 11.9 Å². The van der Waals surface area contributed by atoms with Gasteiger partial charge in [-0.25, -0.2) is 0 Å². The van der Waals surface area contributed by atoms with E-state index < -0.39 is 5.97 Å². The molecule has 4 aromatic rings. The highest BCUT2D eigenvalue weighted by atomic mass is 16.5. The minimum absolute atomic E-state index is 0.0976. The van der Waals surface area contributed by atoms with Crippen LogP contribution in [0.25, 0.3) is 22.3 Å². The van der Waals surface area contributed by atoms with Crippen molar-refractivity contribution in [3.05, 3.63) is 108 Å². The van der Waals surface area contributed by atoms with Gasteiger partial charge in [0.1, 0.15) is 11.5 Å². The molecule has 4 aromatic carbocycles. The van der Waals surface area contributed by atoms with Gasteiger partial charge in [0.2, 0.25) is 0 Å². The summed E-state index contributed by atoms with van der Waals surface area (Å²) in [6, 6.07) is 30.5. The Morgan fingerprint density at radius 2 is 1.26 bits per heavy atom. The maximum absolute atomic E-state index is 12.4. The minimum atomic E-state index is -0.941. The normalized spacial score (nSPS) is 10.7. The fourth-order valence-corrected chi connectivity index (χ4v) is 4.72. The molecule has 6 heteroatoms. The number of ether oxygens (including phenoxy) is 2. The van der Waals surface area contributed by atoms with E-state index in [1.807, 2.05) is 36.4 Å². The van der Waals surface area contributed by atoms with Crippen LogP contribution in [-0.2, 0) is 11.2 Å². The van der Waals surface area contributed by atoms with Gasteiger partial charge in [-0.15, -0.1) is 0 Å². The average Bonchev–Trinajstić information content (AvgIpc) is 3.02. The molecular weight excluding hydrogens is 538 g/mol. The monoisotopic (exact) mass is 579 g/mol. The molecule has 0 saturated carbocycles. The van der Waals surface area contributed by atoms with Crippen molar-refractivity contribution in [2.45, 2.75) is 52.4 Å². The highest BCUT2D eigenvalue weighted by molar-refractivity contribution is 5.94. The van der Waals surface area contributed by atoms with E-state index in [0.717, 1.165) is 71.6 Å². The molecule has 6 nitrogen and oxygen atoms in total. The van der Waals surface area contributed by atoms with E-state index in [1.165, 1.54) is 5.56 Å². The second kappa shape index (κ2) is 16.2. The Morgan fingerprint density at radius 3 is 1.81 bits per heavy atom. The van der Waals surface area contributed by atoms with Crippen LogP contribution < -0.4 is 14.8 Å². The highest BCUT2D eigenvalue weighted by Gasteiger charge is 2.12. The van der Waals surface area contributed by atoms with Crippen LogP contribution >= 0.6 is 0 Å². The molecule has 0 spiro atoms. The van der Waals surface area contributed by atoms with Crippen LogP contribution in [0, 0.1) is 0 Å². The van der Waals surface area contributed by atoms with Gasteiger partial charge < -0.3 is 19.9 Å². The summed E-state index contributed by atoms with van der Waals surface area (Å²) >= 11 is 0. The summed E-state index contributed by atoms with van der Waals surface area (Å²) in [5.41, 5.74) is 7.22. The van der Waals surface area contributed by atoms with Gasteiger partial charge in [-0.3, -0.25) is 9.59 Å². The zero-order chi connectivity index (χ0) is 30.4. The largest absolute Gasteiger partial charge is 0.494 e. The van der Waals surface area contributed by atoms with Crippen molar-refractivity contribution in [1.82, 2.24) is 5.32 Å². The molecule has 0 fully saturated rings. The number of amides is 1. The summed E-state index contributed by atoms with van der Waals surface area (Å²) in [6.07, 6.45) is 4.83. The van der Waals surface area contributed by atoms with E-state index in [4.69, 9.17) is 14.6 Å². The van der Waals surface area contributed by atoms with E-state index in [0.29, 0.717) is 18.6 Å². The Labute approximate surface area is 254 Å². The lowest BCUT2D eigenvalue weighted by molar-refractivity contribution is -0.136.